The van der Waals surface area contributed by atoms with Crippen molar-refractivity contribution in [2.45, 2.75) is 20.1 Å². The smallest absolute Gasteiger partial charge is 0.253 e. The number of hydrogen-bond acceptors (Lipinski definition) is 4. The van der Waals surface area contributed by atoms with Crippen molar-refractivity contribution in [3.05, 3.63) is 89.0 Å². The predicted octanol–water partition coefficient (Wildman–Crippen LogP) is 4.43. The molecule has 2 N–H and O–H groups in total. The third-order valence-electron chi connectivity index (χ3n) is 4.73. The van der Waals surface area contributed by atoms with Crippen LogP contribution in [0.3, 0.4) is 0 Å². The summed E-state index contributed by atoms with van der Waals surface area (Å²) < 4.78 is 7.45. The number of hydrogen-bond donors (Lipinski definition) is 1. The van der Waals surface area contributed by atoms with E-state index < -0.39 is 0 Å². The van der Waals surface area contributed by atoms with Gasteiger partial charge in [0.2, 0.25) is 0 Å². The molecule has 0 amide bonds. The number of nitriles is 1. The lowest BCUT2D eigenvalue weighted by molar-refractivity contribution is 0.289. The van der Waals surface area contributed by atoms with Crippen LogP contribution in [0, 0.1) is 18.3 Å². The molecule has 0 radical (unpaired) electrons. The lowest BCUT2D eigenvalue weighted by atomic mass is 10.0. The molecule has 0 spiro atoms. The average Bonchev–Trinajstić information content (AvgIpc) is 3.01. The van der Waals surface area contributed by atoms with E-state index in [1.807, 2.05) is 55.5 Å². The molecule has 4 rings (SSSR count). The average molecular weight is 368 g/mol. The summed E-state index contributed by atoms with van der Waals surface area (Å²) in [5, 5.41) is 16.3. The second kappa shape index (κ2) is 7.45. The Kier molecular flexibility index (Phi) is 4.69. The van der Waals surface area contributed by atoms with Crippen molar-refractivity contribution in [3.63, 3.8) is 0 Å². The molecular weight excluding hydrogens is 348 g/mol. The van der Waals surface area contributed by atoms with Crippen molar-refractivity contribution in [3.8, 4) is 11.9 Å². The zero-order valence-corrected chi connectivity index (χ0v) is 15.6. The van der Waals surface area contributed by atoms with E-state index in [1.165, 1.54) is 0 Å². The van der Waals surface area contributed by atoms with E-state index in [1.54, 1.807) is 4.68 Å². The van der Waals surface area contributed by atoms with Crippen LogP contribution >= 0.6 is 0 Å². The van der Waals surface area contributed by atoms with E-state index in [4.69, 9.17) is 10.5 Å². The third kappa shape index (κ3) is 3.40. The normalized spacial score (nSPS) is 10.7. The van der Waals surface area contributed by atoms with Crippen molar-refractivity contribution in [2.75, 3.05) is 5.73 Å². The topological polar surface area (TPSA) is 76.9 Å². The molecule has 0 aliphatic heterocycles. The highest BCUT2D eigenvalue weighted by Crippen LogP contribution is 2.26. The highest BCUT2D eigenvalue weighted by molar-refractivity contribution is 5.85. The molecule has 5 heteroatoms. The molecular formula is C23H20N4O. The summed E-state index contributed by atoms with van der Waals surface area (Å²) in [6.07, 6.45) is 0. The summed E-state index contributed by atoms with van der Waals surface area (Å²) in [4.78, 5) is 0. The molecule has 138 valence electrons. The number of nitrogens with two attached hydrogens (primary N) is 1. The van der Waals surface area contributed by atoms with Crippen molar-refractivity contribution < 1.29 is 4.74 Å². The zero-order chi connectivity index (χ0) is 19.5. The van der Waals surface area contributed by atoms with E-state index in [2.05, 4.69) is 29.4 Å². The van der Waals surface area contributed by atoms with E-state index in [9.17, 15) is 5.26 Å². The highest BCUT2D eigenvalue weighted by atomic mass is 16.5. The molecule has 28 heavy (non-hydrogen) atoms. The standard InChI is InChI=1S/C23H20N4O/c1-16-6-4-7-17(12-16)15-28-23-21(13-24)22(25)27(26-23)14-19-10-5-9-18-8-2-3-11-20(18)19/h2-12H,14-15,25H2,1H3. The van der Waals surface area contributed by atoms with Gasteiger partial charge in [-0.25, -0.2) is 4.68 Å². The minimum atomic E-state index is 0.266. The van der Waals surface area contributed by atoms with Crippen LogP contribution in [0.15, 0.2) is 66.7 Å². The summed E-state index contributed by atoms with van der Waals surface area (Å²) in [6.45, 7) is 2.83. The molecule has 0 saturated heterocycles. The second-order valence-corrected chi connectivity index (χ2v) is 6.75. The van der Waals surface area contributed by atoms with E-state index in [-0.39, 0.29) is 11.4 Å². The van der Waals surface area contributed by atoms with Gasteiger partial charge in [-0.3, -0.25) is 0 Å². The molecule has 0 saturated carbocycles. The van der Waals surface area contributed by atoms with Gasteiger partial charge in [-0.15, -0.1) is 5.10 Å². The summed E-state index contributed by atoms with van der Waals surface area (Å²) in [5.74, 6) is 0.580. The van der Waals surface area contributed by atoms with Gasteiger partial charge in [-0.2, -0.15) is 5.26 Å². The molecule has 0 unspecified atom stereocenters. The first-order chi connectivity index (χ1) is 13.7. The number of nitrogens with zero attached hydrogens (tertiary/aromatic N) is 3. The minimum absolute atomic E-state index is 0.266. The molecule has 0 atom stereocenters. The predicted molar refractivity (Wildman–Crippen MR) is 110 cm³/mol. The van der Waals surface area contributed by atoms with Gasteiger partial charge < -0.3 is 10.5 Å². The molecule has 0 aliphatic carbocycles. The van der Waals surface area contributed by atoms with E-state index in [0.717, 1.165) is 27.5 Å². The fourth-order valence-corrected chi connectivity index (χ4v) is 3.32. The summed E-state index contributed by atoms with van der Waals surface area (Å²) in [6, 6.07) is 24.5. The fraction of sp³-hybridized carbons (Fsp3) is 0.130. The Labute approximate surface area is 163 Å². The number of nitrogen functional groups attached to an aromatic ring is 1. The number of aromatic nitrogens is 2. The van der Waals surface area contributed by atoms with Gasteiger partial charge in [-0.1, -0.05) is 72.3 Å². The Morgan fingerprint density at radius 1 is 1.07 bits per heavy atom. The van der Waals surface area contributed by atoms with Crippen LogP contribution < -0.4 is 10.5 Å². The van der Waals surface area contributed by atoms with Gasteiger partial charge in [-0.05, 0) is 28.8 Å². The SMILES string of the molecule is Cc1cccc(COc2nn(Cc3cccc4ccccc34)c(N)c2C#N)c1. The van der Waals surface area contributed by atoms with Crippen molar-refractivity contribution in [1.82, 2.24) is 9.78 Å². The first kappa shape index (κ1) is 17.6. The number of benzene rings is 3. The number of anilines is 1. The van der Waals surface area contributed by atoms with E-state index >= 15 is 0 Å². The van der Waals surface area contributed by atoms with Crippen LogP contribution in [0.4, 0.5) is 5.82 Å². The maximum atomic E-state index is 9.53. The van der Waals surface area contributed by atoms with Gasteiger partial charge in [0, 0.05) is 0 Å². The Morgan fingerprint density at radius 3 is 2.68 bits per heavy atom. The molecule has 5 nitrogen and oxygen atoms in total. The maximum Gasteiger partial charge on any atom is 0.253 e. The summed E-state index contributed by atoms with van der Waals surface area (Å²) in [5.41, 5.74) is 9.73. The Hall–Kier alpha value is -3.78. The van der Waals surface area contributed by atoms with Crippen molar-refractivity contribution in [1.29, 1.82) is 5.26 Å². The van der Waals surface area contributed by atoms with Crippen LogP contribution in [0.1, 0.15) is 22.3 Å². The van der Waals surface area contributed by atoms with Crippen LogP contribution in [0.5, 0.6) is 5.88 Å². The molecule has 0 fully saturated rings. The second-order valence-electron chi connectivity index (χ2n) is 6.75. The van der Waals surface area contributed by atoms with Crippen molar-refractivity contribution >= 4 is 16.6 Å². The summed E-state index contributed by atoms with van der Waals surface area (Å²) in [7, 11) is 0. The highest BCUT2D eigenvalue weighted by Gasteiger charge is 2.17. The van der Waals surface area contributed by atoms with Gasteiger partial charge >= 0.3 is 0 Å². The first-order valence-corrected chi connectivity index (χ1v) is 9.07. The largest absolute Gasteiger partial charge is 0.471 e. The van der Waals surface area contributed by atoms with Crippen LogP contribution in [-0.2, 0) is 13.2 Å². The van der Waals surface area contributed by atoms with Gasteiger partial charge in [0.1, 0.15) is 18.5 Å². The minimum Gasteiger partial charge on any atom is -0.471 e. The molecule has 0 aliphatic rings. The van der Waals surface area contributed by atoms with Crippen LogP contribution in [0.2, 0.25) is 0 Å². The Morgan fingerprint density at radius 2 is 1.86 bits per heavy atom. The van der Waals surface area contributed by atoms with Gasteiger partial charge in [0.25, 0.3) is 5.88 Å². The lowest BCUT2D eigenvalue weighted by Gasteiger charge is -2.08. The zero-order valence-electron chi connectivity index (χ0n) is 15.6. The monoisotopic (exact) mass is 368 g/mol. The number of rotatable bonds is 5. The number of ether oxygens (including phenoxy) is 1. The number of fused-ring (bicyclic) bond motifs is 1. The third-order valence-corrected chi connectivity index (χ3v) is 4.73. The summed E-state index contributed by atoms with van der Waals surface area (Å²) >= 11 is 0. The van der Waals surface area contributed by atoms with Crippen LogP contribution in [0.25, 0.3) is 10.8 Å². The molecule has 0 bridgehead atoms. The molecule has 4 aromatic rings. The Balaban J connectivity index is 1.62. The Bertz CT molecular complexity index is 1180. The van der Waals surface area contributed by atoms with Crippen LogP contribution in [-0.4, -0.2) is 9.78 Å². The fourth-order valence-electron chi connectivity index (χ4n) is 3.32. The molecule has 1 heterocycles. The van der Waals surface area contributed by atoms with Crippen molar-refractivity contribution in [2.24, 2.45) is 0 Å². The lowest BCUT2D eigenvalue weighted by Crippen LogP contribution is -2.07. The molecule has 3 aromatic carbocycles. The molecule has 1 aromatic heterocycles. The van der Waals surface area contributed by atoms with Gasteiger partial charge in [0.05, 0.1) is 6.54 Å². The van der Waals surface area contributed by atoms with Gasteiger partial charge in [0.15, 0.2) is 5.56 Å². The van der Waals surface area contributed by atoms with E-state index in [0.29, 0.717) is 19.0 Å². The first-order valence-electron chi connectivity index (χ1n) is 9.07. The maximum absolute atomic E-state index is 9.53. The quantitative estimate of drug-likeness (QED) is 0.565. The number of aryl methyl sites for hydroxylation is 1.